The van der Waals surface area contributed by atoms with E-state index in [9.17, 15) is 9.90 Å². The van der Waals surface area contributed by atoms with Gasteiger partial charge in [-0.2, -0.15) is 0 Å². The van der Waals surface area contributed by atoms with Crippen LogP contribution in [0.4, 0.5) is 5.82 Å². The van der Waals surface area contributed by atoms with Gasteiger partial charge in [0.2, 0.25) is 5.91 Å². The van der Waals surface area contributed by atoms with E-state index in [1.54, 1.807) is 16.2 Å². The van der Waals surface area contributed by atoms with Crippen molar-refractivity contribution in [2.45, 2.75) is 63.5 Å². The number of nitrogens with zero attached hydrogens (tertiary/aromatic N) is 4. The molecule has 0 spiro atoms. The molecule has 2 aliphatic carbocycles. The second-order valence-electron chi connectivity index (χ2n) is 8.16. The van der Waals surface area contributed by atoms with Gasteiger partial charge in [0, 0.05) is 31.1 Å². The van der Waals surface area contributed by atoms with E-state index < -0.39 is 6.10 Å². The van der Waals surface area contributed by atoms with Gasteiger partial charge in [-0.1, -0.05) is 0 Å². The normalized spacial score (nSPS) is 22.3. The Balaban J connectivity index is 1.52. The second-order valence-corrected chi connectivity index (χ2v) is 9.24. The quantitative estimate of drug-likeness (QED) is 0.873. The molecule has 3 heterocycles. The van der Waals surface area contributed by atoms with Crippen molar-refractivity contribution in [3.8, 4) is 0 Å². The lowest BCUT2D eigenvalue weighted by molar-refractivity contribution is -0.129. The van der Waals surface area contributed by atoms with Gasteiger partial charge in [0.25, 0.3) is 0 Å². The first-order valence-electron chi connectivity index (χ1n) is 10.1. The monoisotopic (exact) mass is 386 g/mol. The van der Waals surface area contributed by atoms with Crippen LogP contribution in [0.5, 0.6) is 0 Å². The van der Waals surface area contributed by atoms with Gasteiger partial charge in [-0.25, -0.2) is 9.97 Å². The summed E-state index contributed by atoms with van der Waals surface area (Å²) in [5.41, 5.74) is 1.45. The number of aliphatic hydroxyl groups is 1. The third kappa shape index (κ3) is 3.21. The van der Waals surface area contributed by atoms with Crippen molar-refractivity contribution >= 4 is 33.3 Å². The smallest absolute Gasteiger partial charge is 0.230 e. The average Bonchev–Trinajstić information content (AvgIpc) is 3.31. The van der Waals surface area contributed by atoms with E-state index in [0.717, 1.165) is 23.5 Å². The largest absolute Gasteiger partial charge is 0.391 e. The number of aryl methyl sites for hydroxylation is 2. The molecule has 1 atom stereocenters. The summed E-state index contributed by atoms with van der Waals surface area (Å²) in [6.07, 6.45) is 7.68. The van der Waals surface area contributed by atoms with Gasteiger partial charge in [-0.15, -0.1) is 11.3 Å². The number of β-amino-alcohol motifs (C(OH)–C–C–N with tert-alkyl or cyclic N) is 1. The van der Waals surface area contributed by atoms with E-state index in [2.05, 4.69) is 11.9 Å². The van der Waals surface area contributed by atoms with Crippen LogP contribution in [0.2, 0.25) is 0 Å². The van der Waals surface area contributed by atoms with Crippen LogP contribution in [0.15, 0.2) is 0 Å². The number of aliphatic hydroxyl groups excluding tert-OH is 1. The SMILES string of the molecule is CN(c1nc(CC(=O)N2CCC(O)C2)nc2sc3c(c12)CCCC3)C1CC1. The number of carbonyl (C=O) groups excluding carboxylic acids is 1. The maximum Gasteiger partial charge on any atom is 0.230 e. The van der Waals surface area contributed by atoms with Crippen molar-refractivity contribution in [2.75, 3.05) is 25.0 Å². The fourth-order valence-corrected chi connectivity index (χ4v) is 5.64. The zero-order valence-corrected chi connectivity index (χ0v) is 16.6. The highest BCUT2D eigenvalue weighted by atomic mass is 32.1. The van der Waals surface area contributed by atoms with E-state index >= 15 is 0 Å². The summed E-state index contributed by atoms with van der Waals surface area (Å²) < 4.78 is 0. The van der Waals surface area contributed by atoms with Crippen molar-refractivity contribution in [3.05, 3.63) is 16.3 Å². The first-order valence-corrected chi connectivity index (χ1v) is 10.9. The minimum absolute atomic E-state index is 0.0206. The molecule has 2 aromatic rings. The number of likely N-dealkylation sites (tertiary alicyclic amines) is 1. The average molecular weight is 387 g/mol. The lowest BCUT2D eigenvalue weighted by Crippen LogP contribution is -2.31. The number of amides is 1. The number of anilines is 1. The van der Waals surface area contributed by atoms with Crippen LogP contribution in [0.1, 0.15) is 48.4 Å². The maximum absolute atomic E-state index is 12.6. The van der Waals surface area contributed by atoms with Crippen LogP contribution < -0.4 is 4.90 Å². The Morgan fingerprint density at radius 3 is 2.81 bits per heavy atom. The zero-order valence-electron chi connectivity index (χ0n) is 15.8. The molecule has 2 fully saturated rings. The molecular formula is C20H26N4O2S. The number of carbonyl (C=O) groups is 1. The number of thiophene rings is 1. The van der Waals surface area contributed by atoms with Crippen LogP contribution in [-0.2, 0) is 24.1 Å². The standard InChI is InChI=1S/C20H26N4O2S/c1-23(12-6-7-12)19-18-14-4-2-3-5-15(14)27-20(18)22-16(21-19)10-17(26)24-9-8-13(25)11-24/h12-13,25H,2-11H2,1H3. The Bertz CT molecular complexity index is 892. The highest BCUT2D eigenvalue weighted by Crippen LogP contribution is 2.41. The molecule has 7 heteroatoms. The third-order valence-corrected chi connectivity index (χ3v) is 7.28. The van der Waals surface area contributed by atoms with Crippen LogP contribution >= 0.6 is 11.3 Å². The zero-order chi connectivity index (χ0) is 18.5. The highest BCUT2D eigenvalue weighted by Gasteiger charge is 2.32. The van der Waals surface area contributed by atoms with E-state index in [4.69, 9.17) is 9.97 Å². The summed E-state index contributed by atoms with van der Waals surface area (Å²) in [6, 6.07) is 0.569. The molecule has 2 aromatic heterocycles. The van der Waals surface area contributed by atoms with Crippen LogP contribution in [0.25, 0.3) is 10.2 Å². The van der Waals surface area contributed by atoms with Crippen LogP contribution in [0, 0.1) is 0 Å². The molecule has 5 rings (SSSR count). The van der Waals surface area contributed by atoms with E-state index in [1.165, 1.54) is 41.5 Å². The molecule has 3 aliphatic rings. The predicted octanol–water partition coefficient (Wildman–Crippen LogP) is 2.30. The summed E-state index contributed by atoms with van der Waals surface area (Å²) in [4.78, 5) is 28.9. The Hall–Kier alpha value is -1.73. The lowest BCUT2D eigenvalue weighted by atomic mass is 9.97. The third-order valence-electron chi connectivity index (χ3n) is 6.10. The Labute approximate surface area is 163 Å². The summed E-state index contributed by atoms with van der Waals surface area (Å²) in [6.45, 7) is 1.06. The number of hydrogen-bond donors (Lipinski definition) is 1. The molecule has 1 saturated heterocycles. The highest BCUT2D eigenvalue weighted by molar-refractivity contribution is 7.19. The van der Waals surface area contributed by atoms with Gasteiger partial charge < -0.3 is 14.9 Å². The van der Waals surface area contributed by atoms with Gasteiger partial charge in [0.15, 0.2) is 0 Å². The summed E-state index contributed by atoms with van der Waals surface area (Å²) in [5, 5.41) is 10.9. The summed E-state index contributed by atoms with van der Waals surface area (Å²) in [7, 11) is 2.13. The summed E-state index contributed by atoms with van der Waals surface area (Å²) >= 11 is 1.79. The maximum atomic E-state index is 12.6. The van der Waals surface area contributed by atoms with Gasteiger partial charge >= 0.3 is 0 Å². The minimum atomic E-state index is -0.391. The predicted molar refractivity (Wildman–Crippen MR) is 106 cm³/mol. The molecule has 1 unspecified atom stereocenters. The fourth-order valence-electron chi connectivity index (χ4n) is 4.37. The molecule has 1 N–H and O–H groups in total. The summed E-state index contributed by atoms with van der Waals surface area (Å²) in [5.74, 6) is 1.66. The van der Waals surface area contributed by atoms with Gasteiger partial charge in [-0.05, 0) is 50.5 Å². The molecule has 0 bridgehead atoms. The van der Waals surface area contributed by atoms with Crippen LogP contribution in [-0.4, -0.2) is 58.2 Å². The molecule has 1 amide bonds. The van der Waals surface area contributed by atoms with Crippen molar-refractivity contribution in [2.24, 2.45) is 0 Å². The van der Waals surface area contributed by atoms with Crippen LogP contribution in [0.3, 0.4) is 0 Å². The second kappa shape index (κ2) is 6.71. The molecule has 27 heavy (non-hydrogen) atoms. The van der Waals surface area contributed by atoms with Crippen molar-refractivity contribution in [3.63, 3.8) is 0 Å². The minimum Gasteiger partial charge on any atom is -0.391 e. The van der Waals surface area contributed by atoms with Crippen molar-refractivity contribution in [1.82, 2.24) is 14.9 Å². The number of aromatic nitrogens is 2. The molecule has 0 aromatic carbocycles. The molecule has 6 nitrogen and oxygen atoms in total. The Kier molecular flexibility index (Phi) is 4.31. The number of fused-ring (bicyclic) bond motifs is 3. The van der Waals surface area contributed by atoms with Gasteiger partial charge in [-0.3, -0.25) is 4.79 Å². The topological polar surface area (TPSA) is 69.6 Å². The molecular weight excluding hydrogens is 360 g/mol. The van der Waals surface area contributed by atoms with Gasteiger partial charge in [0.05, 0.1) is 17.9 Å². The number of rotatable bonds is 4. The Morgan fingerprint density at radius 1 is 1.26 bits per heavy atom. The first-order chi connectivity index (χ1) is 13.1. The first kappa shape index (κ1) is 17.4. The lowest BCUT2D eigenvalue weighted by Gasteiger charge is -2.21. The van der Waals surface area contributed by atoms with Gasteiger partial charge in [0.1, 0.15) is 16.5 Å². The molecule has 0 radical (unpaired) electrons. The number of hydrogen-bond acceptors (Lipinski definition) is 6. The fraction of sp³-hybridized carbons (Fsp3) is 0.650. The van der Waals surface area contributed by atoms with E-state index in [1.807, 2.05) is 0 Å². The van der Waals surface area contributed by atoms with Crippen molar-refractivity contribution in [1.29, 1.82) is 0 Å². The van der Waals surface area contributed by atoms with E-state index in [0.29, 0.717) is 31.4 Å². The molecule has 144 valence electrons. The Morgan fingerprint density at radius 2 is 2.07 bits per heavy atom. The van der Waals surface area contributed by atoms with Crippen molar-refractivity contribution < 1.29 is 9.90 Å². The molecule has 1 saturated carbocycles. The van der Waals surface area contributed by atoms with E-state index in [-0.39, 0.29) is 12.3 Å². The molecule has 1 aliphatic heterocycles.